The van der Waals surface area contributed by atoms with E-state index in [9.17, 15) is 5.11 Å². The Balaban J connectivity index is 1.76. The fourth-order valence-electron chi connectivity index (χ4n) is 2.97. The molecule has 0 fully saturated rings. The van der Waals surface area contributed by atoms with Crippen LogP contribution in [0.4, 0.5) is 0 Å². The van der Waals surface area contributed by atoms with Crippen molar-refractivity contribution >= 4 is 22.1 Å². The highest BCUT2D eigenvalue weighted by Crippen LogP contribution is 2.27. The van der Waals surface area contributed by atoms with Gasteiger partial charge in [0.2, 0.25) is 11.7 Å². The van der Waals surface area contributed by atoms with Crippen molar-refractivity contribution in [3.63, 3.8) is 0 Å². The minimum Gasteiger partial charge on any atom is -0.510 e. The van der Waals surface area contributed by atoms with Gasteiger partial charge in [0.15, 0.2) is 5.65 Å². The van der Waals surface area contributed by atoms with Gasteiger partial charge in [-0.2, -0.15) is 4.52 Å². The van der Waals surface area contributed by atoms with E-state index in [0.717, 1.165) is 22.0 Å². The molecule has 30 heavy (non-hydrogen) atoms. The van der Waals surface area contributed by atoms with E-state index in [1.165, 1.54) is 17.7 Å². The summed E-state index contributed by atoms with van der Waals surface area (Å²) < 4.78 is 12.3. The summed E-state index contributed by atoms with van der Waals surface area (Å²) in [7, 11) is 1.46. The lowest BCUT2D eigenvalue weighted by Crippen LogP contribution is -2.09. The van der Waals surface area contributed by atoms with Crippen molar-refractivity contribution in [1.82, 2.24) is 24.8 Å². The SMILES string of the molecule is COC/C(O)=C/C(=N)c1nnc2c3ccccc3c(OCc3ccc(C)cn3)nn12. The molecular formula is C21H20N6O3. The van der Waals surface area contributed by atoms with E-state index in [2.05, 4.69) is 20.3 Å². The lowest BCUT2D eigenvalue weighted by molar-refractivity contribution is 0.183. The molecule has 0 amide bonds. The number of hydrogen-bond acceptors (Lipinski definition) is 8. The number of aliphatic hydroxyl groups is 1. The van der Waals surface area contributed by atoms with Crippen molar-refractivity contribution in [2.45, 2.75) is 13.5 Å². The summed E-state index contributed by atoms with van der Waals surface area (Å²) in [6, 6.07) is 11.4. The first kappa shape index (κ1) is 19.5. The number of rotatable bonds is 7. The van der Waals surface area contributed by atoms with Crippen molar-refractivity contribution < 1.29 is 14.6 Å². The molecule has 0 aliphatic rings. The van der Waals surface area contributed by atoms with Gasteiger partial charge >= 0.3 is 0 Å². The Labute approximate surface area is 172 Å². The highest BCUT2D eigenvalue weighted by atomic mass is 16.5. The predicted molar refractivity (Wildman–Crippen MR) is 111 cm³/mol. The number of allylic oxidation sites excluding steroid dienone is 1. The minimum absolute atomic E-state index is 0.00656. The molecule has 0 atom stereocenters. The first-order chi connectivity index (χ1) is 14.6. The average molecular weight is 404 g/mol. The molecular weight excluding hydrogens is 384 g/mol. The Morgan fingerprint density at radius 3 is 2.70 bits per heavy atom. The van der Waals surface area contributed by atoms with Crippen LogP contribution in [0.1, 0.15) is 17.1 Å². The second-order valence-electron chi connectivity index (χ2n) is 6.71. The minimum atomic E-state index is -0.0954. The number of ether oxygens (including phenoxy) is 2. The Bertz CT molecular complexity index is 1250. The second kappa shape index (κ2) is 8.26. The molecule has 0 bridgehead atoms. The second-order valence-corrected chi connectivity index (χ2v) is 6.71. The molecule has 3 aromatic heterocycles. The van der Waals surface area contributed by atoms with E-state index in [1.807, 2.05) is 43.3 Å². The molecule has 0 radical (unpaired) electrons. The number of benzene rings is 1. The van der Waals surface area contributed by atoms with Crippen molar-refractivity contribution in [2.75, 3.05) is 13.7 Å². The van der Waals surface area contributed by atoms with Gasteiger partial charge in [-0.1, -0.05) is 24.3 Å². The molecule has 0 saturated carbocycles. The van der Waals surface area contributed by atoms with Gasteiger partial charge in [-0.15, -0.1) is 15.3 Å². The number of hydrogen-bond donors (Lipinski definition) is 2. The maximum absolute atomic E-state index is 9.83. The quantitative estimate of drug-likeness (QED) is 0.359. The van der Waals surface area contributed by atoms with Crippen LogP contribution in [0.3, 0.4) is 0 Å². The topological polar surface area (TPSA) is 119 Å². The fraction of sp³-hybridized carbons (Fsp3) is 0.190. The van der Waals surface area contributed by atoms with Gasteiger partial charge in [-0.25, -0.2) is 0 Å². The van der Waals surface area contributed by atoms with Crippen LogP contribution in [0.15, 0.2) is 54.4 Å². The highest BCUT2D eigenvalue weighted by Gasteiger charge is 2.17. The third-order valence-corrected chi connectivity index (χ3v) is 4.40. The molecule has 0 unspecified atom stereocenters. The average Bonchev–Trinajstić information content (AvgIpc) is 3.17. The van der Waals surface area contributed by atoms with Crippen LogP contribution in [0.25, 0.3) is 16.4 Å². The summed E-state index contributed by atoms with van der Waals surface area (Å²) in [4.78, 5) is 4.36. The van der Waals surface area contributed by atoms with Crippen LogP contribution in [0.2, 0.25) is 0 Å². The van der Waals surface area contributed by atoms with Crippen molar-refractivity contribution in [3.05, 3.63) is 71.5 Å². The molecule has 3 heterocycles. The summed E-state index contributed by atoms with van der Waals surface area (Å²) in [5, 5.41) is 32.5. The smallest absolute Gasteiger partial charge is 0.240 e. The zero-order valence-corrected chi connectivity index (χ0v) is 16.5. The van der Waals surface area contributed by atoms with Crippen molar-refractivity contribution in [1.29, 1.82) is 5.41 Å². The van der Waals surface area contributed by atoms with Crippen LogP contribution in [-0.2, 0) is 11.3 Å². The molecule has 9 heteroatoms. The number of aromatic nitrogens is 5. The first-order valence-corrected chi connectivity index (χ1v) is 9.22. The monoisotopic (exact) mass is 404 g/mol. The van der Waals surface area contributed by atoms with Gasteiger partial charge in [0.25, 0.3) is 0 Å². The number of aliphatic hydroxyl groups excluding tert-OH is 1. The highest BCUT2D eigenvalue weighted by molar-refractivity contribution is 6.05. The molecule has 4 aromatic rings. The summed E-state index contributed by atoms with van der Waals surface area (Å²) >= 11 is 0. The number of nitrogens with one attached hydrogen (secondary N) is 1. The van der Waals surface area contributed by atoms with E-state index in [4.69, 9.17) is 14.9 Å². The zero-order chi connectivity index (χ0) is 21.1. The Morgan fingerprint density at radius 1 is 1.17 bits per heavy atom. The van der Waals surface area contributed by atoms with Crippen LogP contribution in [-0.4, -0.2) is 49.3 Å². The predicted octanol–water partition coefficient (Wildman–Crippen LogP) is 3.02. The molecule has 0 saturated heterocycles. The Kier molecular flexibility index (Phi) is 5.36. The van der Waals surface area contributed by atoms with Gasteiger partial charge in [-0.05, 0) is 24.6 Å². The van der Waals surface area contributed by atoms with Crippen molar-refractivity contribution in [2.24, 2.45) is 0 Å². The Morgan fingerprint density at radius 2 is 1.97 bits per heavy atom. The summed E-state index contributed by atoms with van der Waals surface area (Å²) in [6.45, 7) is 2.21. The molecule has 0 spiro atoms. The zero-order valence-electron chi connectivity index (χ0n) is 16.5. The first-order valence-electron chi connectivity index (χ1n) is 9.22. The van der Waals surface area contributed by atoms with Crippen LogP contribution >= 0.6 is 0 Å². The summed E-state index contributed by atoms with van der Waals surface area (Å²) in [5.41, 5.74) is 2.29. The standard InChI is InChI=1S/C21H20N6O3/c1-13-7-8-14(23-10-13)11-30-21-17-6-4-3-5-16(17)19-24-25-20(27(19)26-21)18(22)9-15(28)12-29-2/h3-10,22,28H,11-12H2,1-2H3/b15-9-,22-18?. The Hall–Kier alpha value is -3.85. The maximum Gasteiger partial charge on any atom is 0.240 e. The fourth-order valence-corrected chi connectivity index (χ4v) is 2.97. The van der Waals surface area contributed by atoms with Gasteiger partial charge in [0.1, 0.15) is 24.7 Å². The van der Waals surface area contributed by atoms with Crippen LogP contribution in [0, 0.1) is 12.3 Å². The normalized spacial score (nSPS) is 11.9. The number of nitrogens with zero attached hydrogens (tertiary/aromatic N) is 5. The molecule has 0 aliphatic carbocycles. The lowest BCUT2D eigenvalue weighted by Gasteiger charge is -2.10. The van der Waals surface area contributed by atoms with E-state index in [1.54, 1.807) is 6.20 Å². The molecule has 0 aliphatic heterocycles. The van der Waals surface area contributed by atoms with Gasteiger partial charge in [-0.3, -0.25) is 10.4 Å². The summed E-state index contributed by atoms with van der Waals surface area (Å²) in [5.74, 6) is 0.457. The number of methoxy groups -OCH3 is 1. The van der Waals surface area contributed by atoms with E-state index in [-0.39, 0.29) is 30.5 Å². The van der Waals surface area contributed by atoms with Gasteiger partial charge < -0.3 is 14.6 Å². The van der Waals surface area contributed by atoms with Crippen LogP contribution in [0.5, 0.6) is 5.88 Å². The molecule has 152 valence electrons. The molecule has 1 aromatic carbocycles. The number of aryl methyl sites for hydroxylation is 1. The van der Waals surface area contributed by atoms with Gasteiger partial charge in [0.05, 0.1) is 5.69 Å². The largest absolute Gasteiger partial charge is 0.510 e. The van der Waals surface area contributed by atoms with E-state index < -0.39 is 0 Å². The molecule has 4 rings (SSSR count). The maximum atomic E-state index is 9.83. The van der Waals surface area contributed by atoms with E-state index in [0.29, 0.717) is 11.5 Å². The van der Waals surface area contributed by atoms with Crippen molar-refractivity contribution in [3.8, 4) is 5.88 Å². The summed E-state index contributed by atoms with van der Waals surface area (Å²) in [6.07, 6.45) is 3.04. The third kappa shape index (κ3) is 3.83. The third-order valence-electron chi connectivity index (χ3n) is 4.40. The molecule has 2 N–H and O–H groups in total. The van der Waals surface area contributed by atoms with Crippen LogP contribution < -0.4 is 4.74 Å². The number of fused-ring (bicyclic) bond motifs is 3. The van der Waals surface area contributed by atoms with Gasteiger partial charge in [0, 0.05) is 30.2 Å². The number of pyridine rings is 1. The molecule has 9 nitrogen and oxygen atoms in total. The lowest BCUT2D eigenvalue weighted by atomic mass is 10.2. The van der Waals surface area contributed by atoms with E-state index >= 15 is 0 Å².